The minimum Gasteiger partial charge on any atom is -0.445 e. The number of benzene rings is 1. The molecule has 0 spiro atoms. The van der Waals surface area contributed by atoms with Crippen LogP contribution >= 0.6 is 0 Å². The number of aromatic nitrogens is 2. The van der Waals surface area contributed by atoms with Crippen LogP contribution in [0.25, 0.3) is 0 Å². The number of carbonyl (C=O) groups is 1. The van der Waals surface area contributed by atoms with E-state index in [9.17, 15) is 9.90 Å². The monoisotopic (exact) mass is 313 g/mol. The van der Waals surface area contributed by atoms with Crippen molar-refractivity contribution >= 4 is 6.09 Å². The Morgan fingerprint density at radius 1 is 1.30 bits per heavy atom. The van der Waals surface area contributed by atoms with Gasteiger partial charge in [0.25, 0.3) is 0 Å². The largest absolute Gasteiger partial charge is 0.445 e. The van der Waals surface area contributed by atoms with E-state index in [4.69, 9.17) is 4.74 Å². The summed E-state index contributed by atoms with van der Waals surface area (Å²) in [5.74, 6) is 0.561. The van der Waals surface area contributed by atoms with E-state index in [1.165, 1.54) is 0 Å². The second-order valence-electron chi connectivity index (χ2n) is 5.46. The lowest BCUT2D eigenvalue weighted by molar-refractivity contribution is 0.0907. The van der Waals surface area contributed by atoms with Crippen LogP contribution in [0.1, 0.15) is 36.0 Å². The van der Waals surface area contributed by atoms with E-state index in [2.05, 4.69) is 9.97 Å². The predicted molar refractivity (Wildman–Crippen MR) is 83.3 cm³/mol. The summed E-state index contributed by atoms with van der Waals surface area (Å²) >= 11 is 0. The van der Waals surface area contributed by atoms with Crippen LogP contribution in [0.2, 0.25) is 0 Å². The first-order valence-electron chi connectivity index (χ1n) is 7.68. The molecule has 23 heavy (non-hydrogen) atoms. The number of amides is 1. The molecule has 6 heteroatoms. The number of nitrogens with zero attached hydrogens (tertiary/aromatic N) is 3. The highest BCUT2D eigenvalue weighted by Gasteiger charge is 2.33. The smallest absolute Gasteiger partial charge is 0.410 e. The van der Waals surface area contributed by atoms with E-state index >= 15 is 0 Å². The van der Waals surface area contributed by atoms with Gasteiger partial charge in [0.2, 0.25) is 0 Å². The van der Waals surface area contributed by atoms with Crippen molar-refractivity contribution < 1.29 is 14.6 Å². The van der Waals surface area contributed by atoms with Crippen LogP contribution in [0.5, 0.6) is 0 Å². The Morgan fingerprint density at radius 3 is 2.91 bits per heavy atom. The standard InChI is InChI=1S/C17H19N3O3/c21-11-14-8-9-18-16(19-14)15-7-4-10-20(15)17(22)23-12-13-5-2-1-3-6-13/h1-3,5-6,8-9,15,21H,4,7,10-12H2/t15-/m1/s1. The highest BCUT2D eigenvalue weighted by Crippen LogP contribution is 2.30. The highest BCUT2D eigenvalue weighted by atomic mass is 16.6. The Hall–Kier alpha value is -2.47. The third-order valence-corrected chi connectivity index (χ3v) is 3.88. The van der Waals surface area contributed by atoms with Gasteiger partial charge < -0.3 is 9.84 Å². The molecule has 120 valence electrons. The quantitative estimate of drug-likeness (QED) is 0.938. The number of carbonyl (C=O) groups excluding carboxylic acids is 1. The summed E-state index contributed by atoms with van der Waals surface area (Å²) < 4.78 is 5.40. The molecule has 1 aliphatic rings. The Morgan fingerprint density at radius 2 is 2.13 bits per heavy atom. The molecule has 0 radical (unpaired) electrons. The van der Waals surface area contributed by atoms with Crippen LogP contribution < -0.4 is 0 Å². The Bertz CT molecular complexity index is 663. The molecule has 2 aromatic rings. The summed E-state index contributed by atoms with van der Waals surface area (Å²) in [6.45, 7) is 0.742. The topological polar surface area (TPSA) is 75.5 Å². The van der Waals surface area contributed by atoms with Crippen molar-refractivity contribution in [2.45, 2.75) is 32.1 Å². The van der Waals surface area contributed by atoms with Crippen LogP contribution in [-0.4, -0.2) is 32.6 Å². The first-order valence-corrected chi connectivity index (χ1v) is 7.68. The average Bonchev–Trinajstić information content (AvgIpc) is 3.10. The summed E-state index contributed by atoms with van der Waals surface area (Å²) in [7, 11) is 0. The summed E-state index contributed by atoms with van der Waals surface area (Å²) in [5, 5.41) is 9.19. The molecule has 1 N–H and O–H groups in total. The van der Waals surface area contributed by atoms with Crippen molar-refractivity contribution in [2.75, 3.05) is 6.54 Å². The van der Waals surface area contributed by atoms with E-state index in [-0.39, 0.29) is 25.3 Å². The number of likely N-dealkylation sites (tertiary alicyclic amines) is 1. The lowest BCUT2D eigenvalue weighted by Crippen LogP contribution is -2.32. The van der Waals surface area contributed by atoms with Crippen LogP contribution in [0.4, 0.5) is 4.79 Å². The van der Waals surface area contributed by atoms with Gasteiger partial charge in [0, 0.05) is 12.7 Å². The molecule has 1 atom stereocenters. The zero-order chi connectivity index (χ0) is 16.1. The first kappa shape index (κ1) is 15.4. The minimum atomic E-state index is -0.352. The first-order chi connectivity index (χ1) is 11.3. The fourth-order valence-corrected chi connectivity index (χ4v) is 2.72. The summed E-state index contributed by atoms with van der Waals surface area (Å²) in [4.78, 5) is 22.6. The Balaban J connectivity index is 1.67. The van der Waals surface area contributed by atoms with Crippen molar-refractivity contribution in [3.63, 3.8) is 0 Å². The van der Waals surface area contributed by atoms with Gasteiger partial charge in [0.05, 0.1) is 18.3 Å². The molecule has 0 bridgehead atoms. The molecule has 1 aromatic heterocycles. The van der Waals surface area contributed by atoms with Crippen LogP contribution in [0, 0.1) is 0 Å². The summed E-state index contributed by atoms with van der Waals surface area (Å²) in [6, 6.07) is 11.1. The van der Waals surface area contributed by atoms with E-state index in [1.807, 2.05) is 30.3 Å². The molecular formula is C17H19N3O3. The molecule has 6 nitrogen and oxygen atoms in total. The number of hydrogen-bond donors (Lipinski definition) is 1. The van der Waals surface area contributed by atoms with Gasteiger partial charge in [0.1, 0.15) is 6.61 Å². The van der Waals surface area contributed by atoms with Crippen molar-refractivity contribution in [3.05, 3.63) is 59.7 Å². The molecule has 0 saturated carbocycles. The molecule has 0 unspecified atom stereocenters. The normalized spacial score (nSPS) is 17.3. The molecule has 0 aliphatic carbocycles. The Kier molecular flexibility index (Phi) is 4.83. The summed E-state index contributed by atoms with van der Waals surface area (Å²) in [5.41, 5.74) is 1.51. The lowest BCUT2D eigenvalue weighted by atomic mass is 10.2. The number of aliphatic hydroxyl groups is 1. The van der Waals surface area contributed by atoms with Gasteiger partial charge >= 0.3 is 6.09 Å². The lowest BCUT2D eigenvalue weighted by Gasteiger charge is -2.23. The maximum atomic E-state index is 12.4. The van der Waals surface area contributed by atoms with Crippen molar-refractivity contribution in [1.82, 2.24) is 14.9 Å². The molecule has 1 amide bonds. The van der Waals surface area contributed by atoms with Gasteiger partial charge in [0.15, 0.2) is 5.82 Å². The van der Waals surface area contributed by atoms with Gasteiger partial charge in [-0.05, 0) is 24.5 Å². The minimum absolute atomic E-state index is 0.138. The number of aliphatic hydroxyl groups excluding tert-OH is 1. The molecule has 1 aromatic carbocycles. The zero-order valence-electron chi connectivity index (χ0n) is 12.8. The molecule has 2 heterocycles. The predicted octanol–water partition coefficient (Wildman–Crippen LogP) is 2.44. The van der Waals surface area contributed by atoms with Crippen molar-refractivity contribution in [2.24, 2.45) is 0 Å². The van der Waals surface area contributed by atoms with Crippen LogP contribution in [0.15, 0.2) is 42.6 Å². The fraction of sp³-hybridized carbons (Fsp3) is 0.353. The number of ether oxygens (including phenoxy) is 1. The van der Waals surface area contributed by atoms with E-state index in [1.54, 1.807) is 17.2 Å². The average molecular weight is 313 g/mol. The van der Waals surface area contributed by atoms with Gasteiger partial charge in [-0.3, -0.25) is 4.90 Å². The van der Waals surface area contributed by atoms with Gasteiger partial charge in [-0.25, -0.2) is 14.8 Å². The molecule has 3 rings (SSSR count). The summed E-state index contributed by atoms with van der Waals surface area (Å²) in [6.07, 6.45) is 2.95. The van der Waals surface area contributed by atoms with Crippen LogP contribution in [-0.2, 0) is 18.0 Å². The third kappa shape index (κ3) is 3.65. The van der Waals surface area contributed by atoms with Gasteiger partial charge in [-0.1, -0.05) is 30.3 Å². The van der Waals surface area contributed by atoms with Crippen molar-refractivity contribution in [3.8, 4) is 0 Å². The molecule has 1 aliphatic heterocycles. The molecular weight excluding hydrogens is 294 g/mol. The number of hydrogen-bond acceptors (Lipinski definition) is 5. The highest BCUT2D eigenvalue weighted by molar-refractivity contribution is 5.68. The van der Waals surface area contributed by atoms with Crippen LogP contribution in [0.3, 0.4) is 0 Å². The SMILES string of the molecule is O=C(OCc1ccccc1)N1CCC[C@@H]1c1nccc(CO)n1. The van der Waals surface area contributed by atoms with Gasteiger partial charge in [-0.15, -0.1) is 0 Å². The molecule has 1 saturated heterocycles. The van der Waals surface area contributed by atoms with E-state index in [0.717, 1.165) is 18.4 Å². The maximum Gasteiger partial charge on any atom is 0.410 e. The van der Waals surface area contributed by atoms with E-state index < -0.39 is 0 Å². The maximum absolute atomic E-state index is 12.4. The molecule has 1 fully saturated rings. The zero-order valence-corrected chi connectivity index (χ0v) is 12.8. The van der Waals surface area contributed by atoms with Crippen molar-refractivity contribution in [1.29, 1.82) is 0 Å². The second-order valence-corrected chi connectivity index (χ2v) is 5.46. The fourth-order valence-electron chi connectivity index (χ4n) is 2.72. The third-order valence-electron chi connectivity index (χ3n) is 3.88. The van der Waals surface area contributed by atoms with Gasteiger partial charge in [-0.2, -0.15) is 0 Å². The number of rotatable bonds is 4. The Labute approximate surface area is 134 Å². The van der Waals surface area contributed by atoms with E-state index in [0.29, 0.717) is 18.1 Å². The second kappa shape index (κ2) is 7.19.